The van der Waals surface area contributed by atoms with Crippen LogP contribution in [-0.2, 0) is 11.3 Å². The summed E-state index contributed by atoms with van der Waals surface area (Å²) in [6.07, 6.45) is 0. The van der Waals surface area contributed by atoms with E-state index >= 15 is 0 Å². The van der Waals surface area contributed by atoms with Crippen LogP contribution in [0.5, 0.6) is 5.75 Å². The highest BCUT2D eigenvalue weighted by atomic mass is 35.5. The van der Waals surface area contributed by atoms with Gasteiger partial charge < -0.3 is 15.0 Å². The molecule has 0 saturated heterocycles. The summed E-state index contributed by atoms with van der Waals surface area (Å²) in [4.78, 5) is 23.7. The Balaban J connectivity index is 2.02. The van der Waals surface area contributed by atoms with Gasteiger partial charge in [0.1, 0.15) is 12.3 Å². The molecule has 2 N–H and O–H groups in total. The Morgan fingerprint density at radius 3 is 2.72 bits per heavy atom. The fourth-order valence-electron chi connectivity index (χ4n) is 2.47. The molecule has 8 heteroatoms. The molecule has 2 aromatic rings. The van der Waals surface area contributed by atoms with Crippen LogP contribution in [0.2, 0.25) is 5.02 Å². The Hall–Kier alpha value is -2.64. The van der Waals surface area contributed by atoms with E-state index < -0.39 is 4.92 Å². The fraction of sp³-hybridized carbons (Fsp3) is 0.235. The van der Waals surface area contributed by atoms with Crippen molar-refractivity contribution in [2.24, 2.45) is 0 Å². The minimum atomic E-state index is -0.417. The number of hydrogen-bond donors (Lipinski definition) is 2. The molecule has 0 aliphatic carbocycles. The summed E-state index contributed by atoms with van der Waals surface area (Å²) in [5, 5.41) is 14.3. The predicted molar refractivity (Wildman–Crippen MR) is 95.2 cm³/mol. The number of nitro benzene ring substituents is 1. The quantitative estimate of drug-likeness (QED) is 0.580. The number of rotatable bonds is 7. The number of carbonyl (C=O) groups excluding carboxylic acids is 1. The van der Waals surface area contributed by atoms with Gasteiger partial charge in [-0.2, -0.15) is 0 Å². The van der Waals surface area contributed by atoms with Gasteiger partial charge in [0.15, 0.2) is 6.54 Å². The molecule has 0 saturated carbocycles. The highest BCUT2D eigenvalue weighted by Gasteiger charge is 2.18. The van der Waals surface area contributed by atoms with Gasteiger partial charge in [0.2, 0.25) is 0 Å². The molecule has 0 spiro atoms. The Labute approximate surface area is 150 Å². The molecule has 0 bridgehead atoms. The van der Waals surface area contributed by atoms with Crippen molar-refractivity contribution in [3.05, 3.63) is 63.2 Å². The average molecular weight is 365 g/mol. The summed E-state index contributed by atoms with van der Waals surface area (Å²) in [5.41, 5.74) is 1.12. The first-order valence-corrected chi connectivity index (χ1v) is 7.95. The second-order valence-corrected chi connectivity index (χ2v) is 6.03. The standard InChI is InChI=1S/C17H18ClN3O4/c1-20(10-12-5-3-4-6-15(12)21(23)24)11-17(22)19-14-9-13(18)7-8-16(14)25-2/h3-9H,10-11H2,1-2H3,(H,19,22)/p+1. The monoisotopic (exact) mass is 364 g/mol. The summed E-state index contributed by atoms with van der Waals surface area (Å²) in [7, 11) is 3.30. The lowest BCUT2D eigenvalue weighted by Gasteiger charge is -2.15. The van der Waals surface area contributed by atoms with Crippen molar-refractivity contribution in [3.8, 4) is 5.75 Å². The van der Waals surface area contributed by atoms with Gasteiger partial charge >= 0.3 is 0 Å². The van der Waals surface area contributed by atoms with Crippen LogP contribution in [0.15, 0.2) is 42.5 Å². The smallest absolute Gasteiger partial charge is 0.279 e. The second-order valence-electron chi connectivity index (χ2n) is 5.59. The molecule has 0 aliphatic rings. The number of hydrogen-bond acceptors (Lipinski definition) is 4. The van der Waals surface area contributed by atoms with E-state index in [9.17, 15) is 14.9 Å². The number of benzene rings is 2. The molecule has 2 rings (SSSR count). The molecule has 1 unspecified atom stereocenters. The molecule has 1 amide bonds. The summed E-state index contributed by atoms with van der Waals surface area (Å²) in [6, 6.07) is 11.5. The number of halogens is 1. The van der Waals surface area contributed by atoms with Crippen LogP contribution in [0.3, 0.4) is 0 Å². The van der Waals surface area contributed by atoms with Gasteiger partial charge in [-0.15, -0.1) is 0 Å². The zero-order valence-corrected chi connectivity index (χ0v) is 14.7. The molecule has 132 valence electrons. The normalized spacial score (nSPS) is 11.6. The third-order valence-corrected chi connectivity index (χ3v) is 3.81. The highest BCUT2D eigenvalue weighted by Crippen LogP contribution is 2.27. The van der Waals surface area contributed by atoms with Crippen molar-refractivity contribution >= 4 is 28.9 Å². The van der Waals surface area contributed by atoms with E-state index in [1.54, 1.807) is 43.4 Å². The van der Waals surface area contributed by atoms with Gasteiger partial charge in [-0.25, -0.2) is 0 Å². The summed E-state index contributed by atoms with van der Waals surface area (Å²) >= 11 is 5.94. The van der Waals surface area contributed by atoms with Crippen molar-refractivity contribution in [1.82, 2.24) is 0 Å². The van der Waals surface area contributed by atoms with E-state index in [4.69, 9.17) is 16.3 Å². The summed E-state index contributed by atoms with van der Waals surface area (Å²) in [6.45, 7) is 0.499. The van der Waals surface area contributed by atoms with Gasteiger partial charge in [-0.1, -0.05) is 23.7 Å². The molecule has 0 aromatic heterocycles. The van der Waals surface area contributed by atoms with E-state index in [0.29, 0.717) is 28.6 Å². The van der Waals surface area contributed by atoms with Crippen LogP contribution < -0.4 is 15.0 Å². The Morgan fingerprint density at radius 2 is 2.04 bits per heavy atom. The van der Waals surface area contributed by atoms with Gasteiger partial charge in [0.25, 0.3) is 11.6 Å². The molecule has 0 heterocycles. The van der Waals surface area contributed by atoms with E-state index in [0.717, 1.165) is 4.90 Å². The third kappa shape index (κ3) is 5.17. The lowest BCUT2D eigenvalue weighted by molar-refractivity contribution is -0.885. The predicted octanol–water partition coefficient (Wildman–Crippen LogP) is 1.91. The molecule has 0 aliphatic heterocycles. The van der Waals surface area contributed by atoms with Crippen molar-refractivity contribution in [2.75, 3.05) is 26.0 Å². The number of ether oxygens (including phenoxy) is 1. The minimum Gasteiger partial charge on any atom is -0.495 e. The van der Waals surface area contributed by atoms with Gasteiger partial charge in [0, 0.05) is 11.1 Å². The summed E-state index contributed by atoms with van der Waals surface area (Å²) < 4.78 is 5.19. The highest BCUT2D eigenvalue weighted by molar-refractivity contribution is 6.31. The van der Waals surface area contributed by atoms with Crippen LogP contribution in [0.25, 0.3) is 0 Å². The third-order valence-electron chi connectivity index (χ3n) is 3.58. The topological polar surface area (TPSA) is 85.9 Å². The van der Waals surface area contributed by atoms with Gasteiger partial charge in [-0.3, -0.25) is 14.9 Å². The molecule has 1 atom stereocenters. The molecular weight excluding hydrogens is 346 g/mol. The first kappa shape index (κ1) is 18.7. The molecular formula is C17H19ClN3O4+. The molecule has 25 heavy (non-hydrogen) atoms. The second kappa shape index (κ2) is 8.46. The van der Waals surface area contributed by atoms with E-state index in [1.807, 2.05) is 0 Å². The molecule has 0 radical (unpaired) electrons. The average Bonchev–Trinajstić information content (AvgIpc) is 2.55. The first-order valence-electron chi connectivity index (χ1n) is 7.57. The lowest BCUT2D eigenvalue weighted by Crippen LogP contribution is -3.08. The number of nitrogens with zero attached hydrogens (tertiary/aromatic N) is 1. The fourth-order valence-corrected chi connectivity index (χ4v) is 2.64. The van der Waals surface area contributed by atoms with Gasteiger partial charge in [-0.05, 0) is 24.3 Å². The number of para-hydroxylation sites is 1. The molecule has 0 fully saturated rings. The van der Waals surface area contributed by atoms with Crippen molar-refractivity contribution in [1.29, 1.82) is 0 Å². The van der Waals surface area contributed by atoms with Crippen LogP contribution in [-0.4, -0.2) is 31.5 Å². The maximum atomic E-state index is 12.2. The summed E-state index contributed by atoms with van der Waals surface area (Å²) in [5.74, 6) is 0.269. The molecule has 7 nitrogen and oxygen atoms in total. The van der Waals surface area contributed by atoms with E-state index in [-0.39, 0.29) is 18.1 Å². The number of amides is 1. The first-order chi connectivity index (χ1) is 11.9. The SMILES string of the molecule is COc1ccc(Cl)cc1NC(=O)C[NH+](C)Cc1ccccc1[N+](=O)[O-]. The molecule has 2 aromatic carbocycles. The Kier molecular flexibility index (Phi) is 6.32. The zero-order valence-electron chi connectivity index (χ0n) is 13.9. The van der Waals surface area contributed by atoms with E-state index in [2.05, 4.69) is 5.32 Å². The minimum absolute atomic E-state index is 0.0544. The van der Waals surface area contributed by atoms with Crippen molar-refractivity contribution < 1.29 is 19.4 Å². The van der Waals surface area contributed by atoms with Crippen LogP contribution in [0.1, 0.15) is 5.56 Å². The van der Waals surface area contributed by atoms with Gasteiger partial charge in [0.05, 0.1) is 30.3 Å². The lowest BCUT2D eigenvalue weighted by atomic mass is 10.1. The van der Waals surface area contributed by atoms with E-state index in [1.165, 1.54) is 13.2 Å². The van der Waals surface area contributed by atoms with Crippen LogP contribution in [0, 0.1) is 10.1 Å². The van der Waals surface area contributed by atoms with Crippen LogP contribution >= 0.6 is 11.6 Å². The number of anilines is 1. The Bertz CT molecular complexity index is 782. The number of nitrogens with one attached hydrogen (secondary N) is 2. The zero-order chi connectivity index (χ0) is 18.4. The maximum Gasteiger partial charge on any atom is 0.279 e. The largest absolute Gasteiger partial charge is 0.495 e. The van der Waals surface area contributed by atoms with Crippen LogP contribution in [0.4, 0.5) is 11.4 Å². The number of methoxy groups -OCH3 is 1. The van der Waals surface area contributed by atoms with Crippen molar-refractivity contribution in [2.45, 2.75) is 6.54 Å². The number of quaternary nitrogens is 1. The number of likely N-dealkylation sites (N-methyl/N-ethyl adjacent to an activating group) is 1. The maximum absolute atomic E-state index is 12.2. The van der Waals surface area contributed by atoms with Crippen molar-refractivity contribution in [3.63, 3.8) is 0 Å². The number of carbonyl (C=O) groups is 1. The number of nitro groups is 1. The Morgan fingerprint density at radius 1 is 1.32 bits per heavy atom.